The first-order valence-electron chi connectivity index (χ1n) is 7.19. The molecule has 1 aromatic rings. The van der Waals surface area contributed by atoms with Crippen LogP contribution < -0.4 is 5.73 Å². The highest BCUT2D eigenvalue weighted by Gasteiger charge is 2.45. The quantitative estimate of drug-likeness (QED) is 0.745. The zero-order valence-electron chi connectivity index (χ0n) is 11.5. The fraction of sp³-hybridized carbons (Fsp3) is 0.529. The minimum absolute atomic E-state index is 0.197. The van der Waals surface area contributed by atoms with Crippen LogP contribution >= 0.6 is 0 Å². The van der Waals surface area contributed by atoms with Gasteiger partial charge in [0.05, 0.1) is 0 Å². The lowest BCUT2D eigenvalue weighted by atomic mass is 9.74. The number of hydrogen-bond acceptors (Lipinski definition) is 1. The molecule has 0 aromatic heterocycles. The van der Waals surface area contributed by atoms with E-state index < -0.39 is 0 Å². The van der Waals surface area contributed by atoms with Crippen molar-refractivity contribution in [2.24, 2.45) is 5.73 Å². The van der Waals surface area contributed by atoms with Gasteiger partial charge in [-0.15, -0.1) is 0 Å². The molecule has 2 aliphatic rings. The summed E-state index contributed by atoms with van der Waals surface area (Å²) in [6.07, 6.45) is 6.44. The summed E-state index contributed by atoms with van der Waals surface area (Å²) in [7, 11) is 0. The molecule has 1 fully saturated rings. The molecule has 2 N–H and O–H groups in total. The summed E-state index contributed by atoms with van der Waals surface area (Å²) in [5, 5.41) is 0. The van der Waals surface area contributed by atoms with Crippen molar-refractivity contribution in [1.29, 1.82) is 0 Å². The van der Waals surface area contributed by atoms with E-state index >= 15 is 0 Å². The van der Waals surface area contributed by atoms with Gasteiger partial charge in [0.25, 0.3) is 0 Å². The second kappa shape index (κ2) is 4.24. The topological polar surface area (TPSA) is 26.0 Å². The van der Waals surface area contributed by atoms with Crippen LogP contribution in [0.2, 0.25) is 0 Å². The number of rotatable bonds is 1. The SMILES string of the molecule is CC(=C1CCCC12CCc1ccccc12)C(C)N. The van der Waals surface area contributed by atoms with Crippen LogP contribution in [-0.4, -0.2) is 6.04 Å². The summed E-state index contributed by atoms with van der Waals surface area (Å²) in [5.74, 6) is 0. The van der Waals surface area contributed by atoms with E-state index in [4.69, 9.17) is 5.73 Å². The predicted molar refractivity (Wildman–Crippen MR) is 76.6 cm³/mol. The molecule has 1 heteroatoms. The molecule has 0 aliphatic heterocycles. The Hall–Kier alpha value is -1.08. The van der Waals surface area contributed by atoms with E-state index in [1.165, 1.54) is 37.7 Å². The smallest absolute Gasteiger partial charge is 0.0225 e. The molecule has 0 bridgehead atoms. The lowest BCUT2D eigenvalue weighted by Gasteiger charge is -2.30. The van der Waals surface area contributed by atoms with Crippen molar-refractivity contribution in [2.75, 3.05) is 0 Å². The van der Waals surface area contributed by atoms with Gasteiger partial charge in [0.15, 0.2) is 0 Å². The predicted octanol–water partition coefficient (Wildman–Crippen LogP) is 3.72. The molecule has 1 saturated carbocycles. The van der Waals surface area contributed by atoms with Crippen molar-refractivity contribution < 1.29 is 0 Å². The summed E-state index contributed by atoms with van der Waals surface area (Å²) < 4.78 is 0. The van der Waals surface area contributed by atoms with Gasteiger partial charge >= 0.3 is 0 Å². The number of nitrogens with two attached hydrogens (primary N) is 1. The van der Waals surface area contributed by atoms with Crippen LogP contribution in [-0.2, 0) is 11.8 Å². The lowest BCUT2D eigenvalue weighted by Crippen LogP contribution is -2.26. The highest BCUT2D eigenvalue weighted by atomic mass is 14.6. The lowest BCUT2D eigenvalue weighted by molar-refractivity contribution is 0.505. The maximum atomic E-state index is 6.13. The average Bonchev–Trinajstić information content (AvgIpc) is 2.96. The molecule has 3 rings (SSSR count). The van der Waals surface area contributed by atoms with E-state index in [2.05, 4.69) is 38.1 Å². The Morgan fingerprint density at radius 3 is 2.78 bits per heavy atom. The minimum atomic E-state index is 0.197. The van der Waals surface area contributed by atoms with Crippen LogP contribution in [0.15, 0.2) is 35.4 Å². The Balaban J connectivity index is 2.14. The van der Waals surface area contributed by atoms with Crippen molar-refractivity contribution in [3.63, 3.8) is 0 Å². The van der Waals surface area contributed by atoms with Gasteiger partial charge < -0.3 is 5.73 Å². The standard InChI is InChI=1S/C17H23N/c1-12(13(2)18)15-8-5-10-17(15)11-9-14-6-3-4-7-16(14)17/h3-4,6-7,13H,5,8-11,18H2,1-2H3. The molecule has 0 radical (unpaired) electrons. The monoisotopic (exact) mass is 241 g/mol. The average molecular weight is 241 g/mol. The van der Waals surface area contributed by atoms with Crippen molar-refractivity contribution in [3.05, 3.63) is 46.5 Å². The number of aryl methyl sites for hydroxylation is 1. The molecule has 18 heavy (non-hydrogen) atoms. The molecule has 2 unspecified atom stereocenters. The fourth-order valence-corrected chi connectivity index (χ4v) is 4.07. The van der Waals surface area contributed by atoms with Gasteiger partial charge in [0.1, 0.15) is 0 Å². The highest BCUT2D eigenvalue weighted by molar-refractivity contribution is 5.49. The Morgan fingerprint density at radius 1 is 1.22 bits per heavy atom. The molecular weight excluding hydrogens is 218 g/mol. The van der Waals surface area contributed by atoms with Gasteiger partial charge in [0, 0.05) is 11.5 Å². The maximum absolute atomic E-state index is 6.13. The Kier molecular flexibility index (Phi) is 2.82. The molecule has 1 aromatic carbocycles. The molecule has 96 valence electrons. The summed E-state index contributed by atoms with van der Waals surface area (Å²) in [6.45, 7) is 4.36. The molecule has 1 nitrogen and oxygen atoms in total. The Morgan fingerprint density at radius 2 is 2.00 bits per heavy atom. The van der Waals surface area contributed by atoms with Crippen LogP contribution in [0.3, 0.4) is 0 Å². The molecule has 0 saturated heterocycles. The van der Waals surface area contributed by atoms with Crippen LogP contribution in [0.4, 0.5) is 0 Å². The largest absolute Gasteiger partial charge is 0.324 e. The van der Waals surface area contributed by atoms with E-state index in [0.29, 0.717) is 5.41 Å². The second-order valence-corrected chi connectivity index (χ2v) is 6.04. The zero-order chi connectivity index (χ0) is 12.8. The minimum Gasteiger partial charge on any atom is -0.324 e. The number of allylic oxidation sites excluding steroid dienone is 1. The zero-order valence-corrected chi connectivity index (χ0v) is 11.5. The van der Waals surface area contributed by atoms with E-state index in [1.54, 1.807) is 16.7 Å². The first kappa shape index (κ1) is 12.0. The van der Waals surface area contributed by atoms with Crippen molar-refractivity contribution in [1.82, 2.24) is 0 Å². The van der Waals surface area contributed by atoms with Crippen molar-refractivity contribution in [3.8, 4) is 0 Å². The Labute approximate surface area is 110 Å². The fourth-order valence-electron chi connectivity index (χ4n) is 4.07. The van der Waals surface area contributed by atoms with E-state index in [9.17, 15) is 0 Å². The molecule has 0 amide bonds. The third kappa shape index (κ3) is 1.57. The molecular formula is C17H23N. The first-order valence-corrected chi connectivity index (χ1v) is 7.19. The van der Waals surface area contributed by atoms with Gasteiger partial charge in [-0.1, -0.05) is 35.4 Å². The molecule has 1 spiro atoms. The summed E-state index contributed by atoms with van der Waals surface area (Å²) in [5.41, 5.74) is 12.7. The Bertz CT molecular complexity index is 498. The van der Waals surface area contributed by atoms with E-state index in [-0.39, 0.29) is 6.04 Å². The summed E-state index contributed by atoms with van der Waals surface area (Å²) >= 11 is 0. The third-order valence-electron chi connectivity index (χ3n) is 5.12. The van der Waals surface area contributed by atoms with Gasteiger partial charge in [0.2, 0.25) is 0 Å². The van der Waals surface area contributed by atoms with E-state index in [1.807, 2.05) is 0 Å². The first-order chi connectivity index (χ1) is 8.65. The van der Waals surface area contributed by atoms with Crippen LogP contribution in [0, 0.1) is 0 Å². The molecule has 2 aliphatic carbocycles. The normalized spacial score (nSPS) is 30.6. The van der Waals surface area contributed by atoms with Crippen LogP contribution in [0.5, 0.6) is 0 Å². The summed E-state index contributed by atoms with van der Waals surface area (Å²) in [4.78, 5) is 0. The van der Waals surface area contributed by atoms with E-state index in [0.717, 1.165) is 0 Å². The third-order valence-corrected chi connectivity index (χ3v) is 5.12. The summed E-state index contributed by atoms with van der Waals surface area (Å²) in [6, 6.07) is 9.23. The number of hydrogen-bond donors (Lipinski definition) is 1. The van der Waals surface area contributed by atoms with Crippen molar-refractivity contribution in [2.45, 2.75) is 57.4 Å². The van der Waals surface area contributed by atoms with Crippen molar-refractivity contribution >= 4 is 0 Å². The van der Waals surface area contributed by atoms with Crippen LogP contribution in [0.1, 0.15) is 50.7 Å². The number of benzene rings is 1. The number of fused-ring (bicyclic) bond motifs is 2. The van der Waals surface area contributed by atoms with Gasteiger partial charge in [-0.3, -0.25) is 0 Å². The van der Waals surface area contributed by atoms with Crippen LogP contribution in [0.25, 0.3) is 0 Å². The van der Waals surface area contributed by atoms with Gasteiger partial charge in [-0.05, 0) is 57.1 Å². The maximum Gasteiger partial charge on any atom is 0.0225 e. The van der Waals surface area contributed by atoms with Gasteiger partial charge in [-0.25, -0.2) is 0 Å². The molecule has 2 atom stereocenters. The van der Waals surface area contributed by atoms with Gasteiger partial charge in [-0.2, -0.15) is 0 Å². The second-order valence-electron chi connectivity index (χ2n) is 6.04. The molecule has 0 heterocycles. The highest BCUT2D eigenvalue weighted by Crippen LogP contribution is 2.54.